The molecule has 1 atom stereocenters. The Bertz CT molecular complexity index is 762. The molecule has 0 saturated heterocycles. The summed E-state index contributed by atoms with van der Waals surface area (Å²) in [6.45, 7) is 3.13. The van der Waals surface area contributed by atoms with Gasteiger partial charge >= 0.3 is 6.03 Å². The molecular weight excluding hydrogens is 311 g/mol. The van der Waals surface area contributed by atoms with Crippen molar-refractivity contribution < 1.29 is 19.1 Å². The molecule has 0 aliphatic carbocycles. The van der Waals surface area contributed by atoms with Crippen molar-refractivity contribution in [2.75, 3.05) is 11.9 Å². The van der Waals surface area contributed by atoms with Crippen LogP contribution in [0.2, 0.25) is 0 Å². The minimum Gasteiger partial charge on any atom is -0.386 e. The van der Waals surface area contributed by atoms with E-state index in [-0.39, 0.29) is 17.9 Å². The van der Waals surface area contributed by atoms with Crippen LogP contribution in [-0.4, -0.2) is 23.5 Å². The Morgan fingerprint density at radius 1 is 1.21 bits per heavy atom. The number of hydrogen-bond acceptors (Lipinski definition) is 3. The van der Waals surface area contributed by atoms with Gasteiger partial charge in [-0.1, -0.05) is 18.2 Å². The number of benzene rings is 2. The van der Waals surface area contributed by atoms with Gasteiger partial charge in [0, 0.05) is 23.4 Å². The third-order valence-electron chi connectivity index (χ3n) is 3.58. The van der Waals surface area contributed by atoms with Gasteiger partial charge in [-0.3, -0.25) is 4.79 Å². The molecule has 0 heterocycles. The van der Waals surface area contributed by atoms with Crippen molar-refractivity contribution in [3.63, 3.8) is 0 Å². The predicted molar refractivity (Wildman–Crippen MR) is 89.6 cm³/mol. The van der Waals surface area contributed by atoms with Gasteiger partial charge < -0.3 is 15.7 Å². The smallest absolute Gasteiger partial charge is 0.319 e. The molecule has 1 unspecified atom stereocenters. The molecule has 126 valence electrons. The molecule has 0 spiro atoms. The van der Waals surface area contributed by atoms with Crippen LogP contribution in [0.1, 0.15) is 34.5 Å². The highest BCUT2D eigenvalue weighted by molar-refractivity contribution is 5.96. The van der Waals surface area contributed by atoms with E-state index in [1.165, 1.54) is 25.1 Å². The Kier molecular flexibility index (Phi) is 5.65. The molecule has 24 heavy (non-hydrogen) atoms. The number of aryl methyl sites for hydroxylation is 1. The summed E-state index contributed by atoms with van der Waals surface area (Å²) >= 11 is 0. The second-order valence-electron chi connectivity index (χ2n) is 5.46. The Morgan fingerprint density at radius 3 is 2.54 bits per heavy atom. The van der Waals surface area contributed by atoms with Crippen LogP contribution in [0.25, 0.3) is 0 Å². The number of anilines is 1. The fourth-order valence-corrected chi connectivity index (χ4v) is 2.36. The van der Waals surface area contributed by atoms with Crippen LogP contribution >= 0.6 is 0 Å². The number of urea groups is 1. The van der Waals surface area contributed by atoms with E-state index in [9.17, 15) is 19.1 Å². The molecule has 0 aliphatic rings. The number of nitrogens with one attached hydrogen (secondary N) is 2. The van der Waals surface area contributed by atoms with Crippen LogP contribution in [0.3, 0.4) is 0 Å². The number of amides is 2. The van der Waals surface area contributed by atoms with E-state index in [2.05, 4.69) is 10.6 Å². The fourth-order valence-electron chi connectivity index (χ4n) is 2.36. The average Bonchev–Trinajstić information content (AvgIpc) is 2.52. The lowest BCUT2D eigenvalue weighted by atomic mass is 10.1. The quantitative estimate of drug-likeness (QED) is 0.737. The highest BCUT2D eigenvalue weighted by atomic mass is 19.1. The topological polar surface area (TPSA) is 78.4 Å². The molecule has 3 N–H and O–H groups in total. The number of ketones is 1. The molecule has 0 aliphatic heterocycles. The van der Waals surface area contributed by atoms with E-state index < -0.39 is 18.0 Å². The highest BCUT2D eigenvalue weighted by Gasteiger charge is 2.13. The van der Waals surface area contributed by atoms with Crippen LogP contribution in [0.4, 0.5) is 14.9 Å². The Hall–Kier alpha value is -2.73. The molecule has 5 nitrogen and oxygen atoms in total. The second kappa shape index (κ2) is 7.70. The number of aliphatic hydroxyl groups is 1. The normalized spacial score (nSPS) is 11.7. The number of Topliss-reactive ketones (excluding diaryl/α,β-unsaturated/α-hetero) is 1. The van der Waals surface area contributed by atoms with Crippen molar-refractivity contribution in [1.29, 1.82) is 0 Å². The highest BCUT2D eigenvalue weighted by Crippen LogP contribution is 2.17. The molecule has 2 aromatic carbocycles. The maximum atomic E-state index is 13.5. The average molecular weight is 330 g/mol. The van der Waals surface area contributed by atoms with Crippen molar-refractivity contribution in [2.24, 2.45) is 0 Å². The maximum Gasteiger partial charge on any atom is 0.319 e. The SMILES string of the molecule is CC(=O)c1ccc(NC(=O)NCC(O)c2ccccc2F)cc1C. The Morgan fingerprint density at radius 2 is 1.92 bits per heavy atom. The van der Waals surface area contributed by atoms with Crippen LogP contribution in [0, 0.1) is 12.7 Å². The molecule has 6 heteroatoms. The monoisotopic (exact) mass is 330 g/mol. The van der Waals surface area contributed by atoms with Crippen molar-refractivity contribution in [3.05, 3.63) is 65.0 Å². The second-order valence-corrected chi connectivity index (χ2v) is 5.46. The zero-order valence-electron chi connectivity index (χ0n) is 13.5. The summed E-state index contributed by atoms with van der Waals surface area (Å²) in [5.74, 6) is -0.570. The summed E-state index contributed by atoms with van der Waals surface area (Å²) in [5.41, 5.74) is 2.00. The first kappa shape index (κ1) is 17.6. The van der Waals surface area contributed by atoms with E-state index in [0.29, 0.717) is 11.3 Å². The van der Waals surface area contributed by atoms with Gasteiger partial charge in [-0.05, 0) is 43.7 Å². The minimum absolute atomic E-state index is 0.0449. The molecule has 0 radical (unpaired) electrons. The summed E-state index contributed by atoms with van der Waals surface area (Å²) in [7, 11) is 0. The number of halogens is 1. The largest absolute Gasteiger partial charge is 0.386 e. The van der Waals surface area contributed by atoms with E-state index in [1.807, 2.05) is 0 Å². The molecule has 0 fully saturated rings. The number of hydrogen-bond donors (Lipinski definition) is 3. The Labute approximate surface area is 139 Å². The molecule has 0 saturated carbocycles. The van der Waals surface area contributed by atoms with Crippen LogP contribution in [0.15, 0.2) is 42.5 Å². The summed E-state index contributed by atoms with van der Waals surface area (Å²) in [4.78, 5) is 23.3. The molecule has 0 aromatic heterocycles. The first-order valence-electron chi connectivity index (χ1n) is 7.47. The lowest BCUT2D eigenvalue weighted by Gasteiger charge is -2.14. The van der Waals surface area contributed by atoms with Gasteiger partial charge in [-0.2, -0.15) is 0 Å². The van der Waals surface area contributed by atoms with E-state index >= 15 is 0 Å². The van der Waals surface area contributed by atoms with Crippen LogP contribution < -0.4 is 10.6 Å². The summed E-state index contributed by atoms with van der Waals surface area (Å²) < 4.78 is 13.5. The van der Waals surface area contributed by atoms with Crippen LogP contribution in [-0.2, 0) is 0 Å². The third kappa shape index (κ3) is 4.39. The predicted octanol–water partition coefficient (Wildman–Crippen LogP) is 3.19. The van der Waals surface area contributed by atoms with Crippen molar-refractivity contribution in [2.45, 2.75) is 20.0 Å². The molecule has 2 rings (SSSR count). The number of carbonyl (C=O) groups excluding carboxylic acids is 2. The summed E-state index contributed by atoms with van der Waals surface area (Å²) in [6.07, 6.45) is -1.14. The van der Waals surface area contributed by atoms with Gasteiger partial charge in [0.05, 0.1) is 6.10 Å². The summed E-state index contributed by atoms with van der Waals surface area (Å²) in [5, 5.41) is 15.0. The molecular formula is C18H19FN2O3. The van der Waals surface area contributed by atoms with Crippen LogP contribution in [0.5, 0.6) is 0 Å². The summed E-state index contributed by atoms with van der Waals surface area (Å²) in [6, 6.07) is 10.3. The first-order valence-corrected chi connectivity index (χ1v) is 7.47. The number of aliphatic hydroxyl groups excluding tert-OH is 1. The van der Waals surface area contributed by atoms with Crippen molar-refractivity contribution in [3.8, 4) is 0 Å². The lowest BCUT2D eigenvalue weighted by molar-refractivity contribution is 0.101. The first-order chi connectivity index (χ1) is 11.4. The van der Waals surface area contributed by atoms with Gasteiger partial charge in [-0.25, -0.2) is 9.18 Å². The van der Waals surface area contributed by atoms with Gasteiger partial charge in [0.15, 0.2) is 5.78 Å². The number of carbonyl (C=O) groups is 2. The van der Waals surface area contributed by atoms with Crippen molar-refractivity contribution >= 4 is 17.5 Å². The molecule has 2 aromatic rings. The maximum absolute atomic E-state index is 13.5. The van der Waals surface area contributed by atoms with Gasteiger partial charge in [0.2, 0.25) is 0 Å². The van der Waals surface area contributed by atoms with Crippen molar-refractivity contribution in [1.82, 2.24) is 5.32 Å². The van der Waals surface area contributed by atoms with Gasteiger partial charge in [-0.15, -0.1) is 0 Å². The minimum atomic E-state index is -1.14. The Balaban J connectivity index is 1.93. The van der Waals surface area contributed by atoms with Gasteiger partial charge in [0.1, 0.15) is 5.82 Å². The fraction of sp³-hybridized carbons (Fsp3) is 0.222. The zero-order chi connectivity index (χ0) is 17.7. The molecule has 0 bridgehead atoms. The lowest BCUT2D eigenvalue weighted by Crippen LogP contribution is -2.32. The third-order valence-corrected chi connectivity index (χ3v) is 3.58. The van der Waals surface area contributed by atoms with E-state index in [4.69, 9.17) is 0 Å². The van der Waals surface area contributed by atoms with E-state index in [0.717, 1.165) is 5.56 Å². The zero-order valence-corrected chi connectivity index (χ0v) is 13.5. The molecule has 2 amide bonds. The van der Waals surface area contributed by atoms with Gasteiger partial charge in [0.25, 0.3) is 0 Å². The standard InChI is InChI=1S/C18H19FN2O3/c1-11-9-13(7-8-14(11)12(2)22)21-18(24)20-10-17(23)15-5-3-4-6-16(15)19/h3-9,17,23H,10H2,1-2H3,(H2,20,21,24). The van der Waals surface area contributed by atoms with E-state index in [1.54, 1.807) is 31.2 Å². The number of rotatable bonds is 5.